The standard InChI is InChI=1S/C10H12BrN3OS/c11-8-4-13-10(16-8)9(15)14-7-2-5-1-6(7)12-3-5/h4-7,12H,1-3H2,(H,14,15). The van der Waals surface area contributed by atoms with Crippen LogP contribution in [-0.4, -0.2) is 29.5 Å². The number of hydrogen-bond donors (Lipinski definition) is 2. The Morgan fingerprint density at radius 2 is 2.50 bits per heavy atom. The lowest BCUT2D eigenvalue weighted by atomic mass is 10.1. The second-order valence-corrected chi connectivity index (χ2v) is 6.81. The minimum absolute atomic E-state index is 0.0462. The van der Waals surface area contributed by atoms with Crippen LogP contribution in [0.25, 0.3) is 0 Å². The van der Waals surface area contributed by atoms with E-state index in [-0.39, 0.29) is 11.9 Å². The van der Waals surface area contributed by atoms with Crippen LogP contribution in [0.4, 0.5) is 0 Å². The molecule has 4 nitrogen and oxygen atoms in total. The zero-order valence-corrected chi connectivity index (χ0v) is 11.0. The number of piperidine rings is 1. The van der Waals surface area contributed by atoms with E-state index in [0.29, 0.717) is 11.0 Å². The van der Waals surface area contributed by atoms with Crippen LogP contribution >= 0.6 is 27.3 Å². The third-order valence-corrected chi connectivity index (χ3v) is 4.79. The summed E-state index contributed by atoms with van der Waals surface area (Å²) in [5.41, 5.74) is 0. The SMILES string of the molecule is O=C(NC1CC2CNC1C2)c1ncc(Br)s1. The van der Waals surface area contributed by atoms with Gasteiger partial charge in [0.05, 0.1) is 9.98 Å². The average Bonchev–Trinajstić information content (AvgIpc) is 2.92. The van der Waals surface area contributed by atoms with E-state index < -0.39 is 0 Å². The van der Waals surface area contributed by atoms with Crippen LogP contribution in [0, 0.1) is 5.92 Å². The van der Waals surface area contributed by atoms with Gasteiger partial charge in [-0.15, -0.1) is 11.3 Å². The highest BCUT2D eigenvalue weighted by atomic mass is 79.9. The van der Waals surface area contributed by atoms with E-state index in [4.69, 9.17) is 0 Å². The van der Waals surface area contributed by atoms with Crippen molar-refractivity contribution in [2.24, 2.45) is 5.92 Å². The number of amides is 1. The zero-order valence-electron chi connectivity index (χ0n) is 8.57. The lowest BCUT2D eigenvalue weighted by Crippen LogP contribution is -2.47. The number of hydrogen-bond acceptors (Lipinski definition) is 4. The Bertz CT molecular complexity index is 422. The number of aromatic nitrogens is 1. The second-order valence-electron chi connectivity index (χ2n) is 4.40. The molecule has 1 aliphatic carbocycles. The summed E-state index contributed by atoms with van der Waals surface area (Å²) >= 11 is 4.68. The molecule has 0 radical (unpaired) electrons. The van der Waals surface area contributed by atoms with Crippen molar-refractivity contribution in [1.29, 1.82) is 0 Å². The van der Waals surface area contributed by atoms with Crippen LogP contribution in [-0.2, 0) is 0 Å². The fourth-order valence-corrected chi connectivity index (χ4v) is 3.71. The Morgan fingerprint density at radius 3 is 3.06 bits per heavy atom. The zero-order chi connectivity index (χ0) is 11.1. The maximum absolute atomic E-state index is 11.9. The number of nitrogens with one attached hydrogen (secondary N) is 2. The van der Waals surface area contributed by atoms with Gasteiger partial charge in [-0.25, -0.2) is 4.98 Å². The van der Waals surface area contributed by atoms with Gasteiger partial charge >= 0.3 is 0 Å². The van der Waals surface area contributed by atoms with Crippen molar-refractivity contribution in [2.45, 2.75) is 24.9 Å². The molecular weight excluding hydrogens is 290 g/mol. The van der Waals surface area contributed by atoms with Crippen molar-refractivity contribution in [3.05, 3.63) is 15.0 Å². The Morgan fingerprint density at radius 1 is 1.62 bits per heavy atom. The van der Waals surface area contributed by atoms with Crippen molar-refractivity contribution >= 4 is 33.2 Å². The van der Waals surface area contributed by atoms with Gasteiger partial charge in [-0.1, -0.05) is 0 Å². The van der Waals surface area contributed by atoms with Gasteiger partial charge in [0.15, 0.2) is 5.01 Å². The molecule has 3 unspecified atom stereocenters. The first-order valence-corrected chi connectivity index (χ1v) is 6.99. The minimum Gasteiger partial charge on any atom is -0.346 e. The van der Waals surface area contributed by atoms with Crippen LogP contribution in [0.5, 0.6) is 0 Å². The Balaban J connectivity index is 1.65. The molecule has 1 saturated heterocycles. The molecule has 2 heterocycles. The third-order valence-electron chi connectivity index (χ3n) is 3.32. The normalized spacial score (nSPS) is 31.9. The van der Waals surface area contributed by atoms with Gasteiger partial charge < -0.3 is 10.6 Å². The lowest BCUT2D eigenvalue weighted by Gasteiger charge is -2.23. The molecule has 1 saturated carbocycles. The highest BCUT2D eigenvalue weighted by molar-refractivity contribution is 9.11. The van der Waals surface area contributed by atoms with Gasteiger partial charge in [-0.2, -0.15) is 0 Å². The molecule has 2 aliphatic rings. The number of thiazole rings is 1. The molecule has 0 aromatic carbocycles. The summed E-state index contributed by atoms with van der Waals surface area (Å²) in [6, 6.07) is 0.756. The molecule has 2 fully saturated rings. The Labute approximate surface area is 106 Å². The molecule has 2 N–H and O–H groups in total. The molecule has 6 heteroatoms. The molecule has 1 amide bonds. The number of halogens is 1. The molecule has 2 bridgehead atoms. The van der Waals surface area contributed by atoms with Gasteiger partial charge in [0.2, 0.25) is 0 Å². The maximum atomic E-state index is 11.9. The summed E-state index contributed by atoms with van der Waals surface area (Å²) in [6.07, 6.45) is 3.97. The maximum Gasteiger partial charge on any atom is 0.280 e. The van der Waals surface area contributed by atoms with Crippen LogP contribution in [0.2, 0.25) is 0 Å². The summed E-state index contributed by atoms with van der Waals surface area (Å²) in [6.45, 7) is 1.11. The third kappa shape index (κ3) is 1.89. The van der Waals surface area contributed by atoms with Crippen LogP contribution in [0.1, 0.15) is 22.6 Å². The number of carbonyl (C=O) groups is 1. The number of nitrogens with zero attached hydrogens (tertiary/aromatic N) is 1. The van der Waals surface area contributed by atoms with Gasteiger partial charge in [0.1, 0.15) is 0 Å². The summed E-state index contributed by atoms with van der Waals surface area (Å²) in [5.74, 6) is 0.702. The summed E-state index contributed by atoms with van der Waals surface area (Å²) in [4.78, 5) is 15.9. The van der Waals surface area contributed by atoms with E-state index in [1.54, 1.807) is 6.20 Å². The summed E-state index contributed by atoms with van der Waals surface area (Å²) in [5, 5.41) is 7.03. The lowest BCUT2D eigenvalue weighted by molar-refractivity contribution is 0.0928. The fraction of sp³-hybridized carbons (Fsp3) is 0.600. The first kappa shape index (κ1) is 10.7. The van der Waals surface area contributed by atoms with Gasteiger partial charge in [-0.05, 0) is 41.2 Å². The quantitative estimate of drug-likeness (QED) is 0.868. The molecule has 1 aromatic rings. The predicted molar refractivity (Wildman–Crippen MR) is 65.6 cm³/mol. The molecule has 3 rings (SSSR count). The van der Waals surface area contributed by atoms with Crippen LogP contribution in [0.3, 0.4) is 0 Å². The predicted octanol–water partition coefficient (Wildman–Crippen LogP) is 1.39. The van der Waals surface area contributed by atoms with Crippen molar-refractivity contribution in [3.8, 4) is 0 Å². The molecule has 16 heavy (non-hydrogen) atoms. The first-order chi connectivity index (χ1) is 7.72. The van der Waals surface area contributed by atoms with Crippen LogP contribution in [0.15, 0.2) is 9.98 Å². The molecular formula is C10H12BrN3OS. The summed E-state index contributed by atoms with van der Waals surface area (Å²) < 4.78 is 0.892. The fourth-order valence-electron chi connectivity index (χ4n) is 2.60. The molecule has 0 spiro atoms. The number of rotatable bonds is 2. The number of carbonyl (C=O) groups excluding carboxylic acids is 1. The minimum atomic E-state index is -0.0462. The van der Waals surface area contributed by atoms with Gasteiger partial charge in [0.25, 0.3) is 5.91 Å². The summed E-state index contributed by atoms with van der Waals surface area (Å²) in [7, 11) is 0. The van der Waals surface area contributed by atoms with E-state index in [0.717, 1.165) is 22.7 Å². The highest BCUT2D eigenvalue weighted by Gasteiger charge is 2.40. The van der Waals surface area contributed by atoms with Gasteiger partial charge in [-0.3, -0.25) is 4.79 Å². The average molecular weight is 302 g/mol. The first-order valence-electron chi connectivity index (χ1n) is 5.38. The highest BCUT2D eigenvalue weighted by Crippen LogP contribution is 2.31. The largest absolute Gasteiger partial charge is 0.346 e. The number of fused-ring (bicyclic) bond motifs is 2. The van der Waals surface area contributed by atoms with E-state index >= 15 is 0 Å². The smallest absolute Gasteiger partial charge is 0.280 e. The van der Waals surface area contributed by atoms with E-state index in [9.17, 15) is 4.79 Å². The van der Waals surface area contributed by atoms with E-state index in [1.165, 1.54) is 17.8 Å². The molecule has 1 aromatic heterocycles. The van der Waals surface area contributed by atoms with Crippen molar-refractivity contribution in [3.63, 3.8) is 0 Å². The second kappa shape index (κ2) is 4.09. The Hall–Kier alpha value is -0.460. The van der Waals surface area contributed by atoms with Gasteiger partial charge in [0, 0.05) is 12.1 Å². The van der Waals surface area contributed by atoms with Crippen molar-refractivity contribution < 1.29 is 4.79 Å². The topological polar surface area (TPSA) is 54.0 Å². The van der Waals surface area contributed by atoms with E-state index in [2.05, 4.69) is 31.5 Å². The van der Waals surface area contributed by atoms with E-state index in [1.807, 2.05) is 0 Å². The monoisotopic (exact) mass is 301 g/mol. The molecule has 3 atom stereocenters. The van der Waals surface area contributed by atoms with Crippen LogP contribution < -0.4 is 10.6 Å². The Kier molecular flexibility index (Phi) is 2.73. The molecule has 1 aliphatic heterocycles. The van der Waals surface area contributed by atoms with Crippen molar-refractivity contribution in [1.82, 2.24) is 15.6 Å². The van der Waals surface area contributed by atoms with Crippen molar-refractivity contribution in [2.75, 3.05) is 6.54 Å². The molecule has 86 valence electrons.